The second-order valence-electron chi connectivity index (χ2n) is 12.3. The van der Waals surface area contributed by atoms with Crippen molar-refractivity contribution in [3.8, 4) is 0 Å². The molecule has 0 amide bonds. The lowest BCUT2D eigenvalue weighted by Gasteiger charge is -2.54. The SMILES string of the molecule is CC(CCCC(C)(C)O)C1CCCC2/C(=C/C=C3/CCC(NCCO)C(O)C3)CCCC21C. The molecule has 0 heterocycles. The molecule has 0 saturated heterocycles. The highest BCUT2D eigenvalue weighted by Crippen LogP contribution is 2.57. The van der Waals surface area contributed by atoms with E-state index in [9.17, 15) is 10.2 Å². The van der Waals surface area contributed by atoms with Crippen LogP contribution in [0.25, 0.3) is 0 Å². The summed E-state index contributed by atoms with van der Waals surface area (Å²) in [5, 5.41) is 32.9. The number of nitrogens with one attached hydrogen (secondary N) is 1. The molecule has 0 aliphatic heterocycles. The van der Waals surface area contributed by atoms with Crippen molar-refractivity contribution in [2.24, 2.45) is 23.2 Å². The Balaban J connectivity index is 1.65. The molecule has 3 aliphatic carbocycles. The van der Waals surface area contributed by atoms with Crippen molar-refractivity contribution in [2.45, 2.75) is 122 Å². The van der Waals surface area contributed by atoms with Gasteiger partial charge in [0, 0.05) is 12.6 Å². The van der Waals surface area contributed by atoms with Gasteiger partial charge in [0.2, 0.25) is 0 Å². The topological polar surface area (TPSA) is 72.7 Å². The maximum absolute atomic E-state index is 10.5. The molecule has 0 spiro atoms. The Morgan fingerprint density at radius 3 is 2.64 bits per heavy atom. The first-order valence-electron chi connectivity index (χ1n) is 13.8. The fourth-order valence-electron chi connectivity index (χ4n) is 7.38. The molecule has 0 aromatic heterocycles. The molecule has 4 nitrogen and oxygen atoms in total. The van der Waals surface area contributed by atoms with Crippen molar-refractivity contribution in [3.05, 3.63) is 23.3 Å². The van der Waals surface area contributed by atoms with Gasteiger partial charge in [-0.15, -0.1) is 0 Å². The lowest BCUT2D eigenvalue weighted by Crippen LogP contribution is -2.44. The van der Waals surface area contributed by atoms with Gasteiger partial charge in [-0.1, -0.05) is 56.4 Å². The number of aliphatic hydroxyl groups is 3. The summed E-state index contributed by atoms with van der Waals surface area (Å²) in [4.78, 5) is 0. The largest absolute Gasteiger partial charge is 0.395 e. The zero-order valence-electron chi connectivity index (χ0n) is 21.8. The monoisotopic (exact) mass is 461 g/mol. The van der Waals surface area contributed by atoms with Crippen LogP contribution in [0.3, 0.4) is 0 Å². The van der Waals surface area contributed by atoms with E-state index in [1.807, 2.05) is 13.8 Å². The van der Waals surface area contributed by atoms with E-state index in [1.165, 1.54) is 50.5 Å². The summed E-state index contributed by atoms with van der Waals surface area (Å²) in [7, 11) is 0. The van der Waals surface area contributed by atoms with Crippen LogP contribution in [0.15, 0.2) is 23.3 Å². The number of hydrogen-bond donors (Lipinski definition) is 4. The van der Waals surface area contributed by atoms with Crippen LogP contribution in [0.4, 0.5) is 0 Å². The molecular formula is C29H51NO3. The fourth-order valence-corrected chi connectivity index (χ4v) is 7.38. The summed E-state index contributed by atoms with van der Waals surface area (Å²) in [6.07, 6.45) is 18.3. The van der Waals surface area contributed by atoms with Crippen molar-refractivity contribution in [1.29, 1.82) is 0 Å². The average molecular weight is 462 g/mol. The zero-order valence-corrected chi connectivity index (χ0v) is 21.8. The Labute approximate surface area is 202 Å². The van der Waals surface area contributed by atoms with Crippen LogP contribution in [0.1, 0.15) is 105 Å². The lowest BCUT2D eigenvalue weighted by atomic mass is 9.51. The zero-order chi connectivity index (χ0) is 24.1. The lowest BCUT2D eigenvalue weighted by molar-refractivity contribution is -0.00356. The molecule has 33 heavy (non-hydrogen) atoms. The van der Waals surface area contributed by atoms with E-state index >= 15 is 0 Å². The molecule has 0 aromatic rings. The average Bonchev–Trinajstić information content (AvgIpc) is 2.75. The van der Waals surface area contributed by atoms with Crippen molar-refractivity contribution in [2.75, 3.05) is 13.2 Å². The minimum Gasteiger partial charge on any atom is -0.395 e. The number of allylic oxidation sites excluding steroid dienone is 3. The first-order valence-corrected chi connectivity index (χ1v) is 13.8. The summed E-state index contributed by atoms with van der Waals surface area (Å²) >= 11 is 0. The van der Waals surface area contributed by atoms with E-state index in [1.54, 1.807) is 5.57 Å². The van der Waals surface area contributed by atoms with Gasteiger partial charge in [-0.25, -0.2) is 0 Å². The minimum absolute atomic E-state index is 0.108. The standard InChI is InChI=1S/C29H51NO3/c1-21(8-6-16-28(2,3)33)24-10-5-11-25-23(9-7-17-29(24,25)4)14-12-22-13-15-26(27(32)20-22)30-18-19-31/h12,14,21,24-27,30-33H,5-11,13,15-20H2,1-4H3/b22-12-,23-14+. The Hall–Kier alpha value is -0.680. The second-order valence-corrected chi connectivity index (χ2v) is 12.3. The maximum atomic E-state index is 10.5. The van der Waals surface area contributed by atoms with Crippen LogP contribution in [0, 0.1) is 23.2 Å². The van der Waals surface area contributed by atoms with Crippen LogP contribution in [-0.4, -0.2) is 46.2 Å². The molecule has 4 heteroatoms. The molecule has 3 saturated carbocycles. The molecule has 6 atom stereocenters. The van der Waals surface area contributed by atoms with Gasteiger partial charge in [-0.3, -0.25) is 0 Å². The Morgan fingerprint density at radius 2 is 1.94 bits per heavy atom. The highest BCUT2D eigenvalue weighted by atomic mass is 16.3. The van der Waals surface area contributed by atoms with Crippen LogP contribution < -0.4 is 5.32 Å². The predicted octanol–water partition coefficient (Wildman–Crippen LogP) is 5.52. The third-order valence-corrected chi connectivity index (χ3v) is 9.18. The van der Waals surface area contributed by atoms with E-state index in [-0.39, 0.29) is 18.8 Å². The maximum Gasteiger partial charge on any atom is 0.0730 e. The van der Waals surface area contributed by atoms with E-state index < -0.39 is 5.60 Å². The summed E-state index contributed by atoms with van der Waals surface area (Å²) in [5.41, 5.74) is 2.88. The number of rotatable bonds is 9. The van der Waals surface area contributed by atoms with Gasteiger partial charge < -0.3 is 20.6 Å². The van der Waals surface area contributed by atoms with E-state index in [0.717, 1.165) is 43.9 Å². The van der Waals surface area contributed by atoms with Crippen molar-refractivity contribution in [3.63, 3.8) is 0 Å². The fraction of sp³-hybridized carbons (Fsp3) is 0.862. The van der Waals surface area contributed by atoms with Gasteiger partial charge in [0.1, 0.15) is 0 Å². The van der Waals surface area contributed by atoms with Gasteiger partial charge >= 0.3 is 0 Å². The van der Waals surface area contributed by atoms with Crippen LogP contribution in [0.2, 0.25) is 0 Å². The van der Waals surface area contributed by atoms with Crippen LogP contribution >= 0.6 is 0 Å². The third kappa shape index (κ3) is 7.16. The highest BCUT2D eigenvalue weighted by Gasteiger charge is 2.48. The van der Waals surface area contributed by atoms with E-state index in [4.69, 9.17) is 5.11 Å². The summed E-state index contributed by atoms with van der Waals surface area (Å²) < 4.78 is 0. The quantitative estimate of drug-likeness (QED) is 0.365. The molecule has 0 bridgehead atoms. The van der Waals surface area contributed by atoms with Gasteiger partial charge in [0.15, 0.2) is 0 Å². The van der Waals surface area contributed by atoms with Crippen LogP contribution in [-0.2, 0) is 0 Å². The summed E-state index contributed by atoms with van der Waals surface area (Å²) in [6.45, 7) is 9.59. The minimum atomic E-state index is -0.547. The molecule has 0 aromatic carbocycles. The molecular weight excluding hydrogens is 410 g/mol. The molecule has 3 aliphatic rings. The first kappa shape index (κ1) is 26.9. The smallest absolute Gasteiger partial charge is 0.0730 e. The number of hydrogen-bond acceptors (Lipinski definition) is 4. The first-order chi connectivity index (χ1) is 15.6. The molecule has 4 N–H and O–H groups in total. The third-order valence-electron chi connectivity index (χ3n) is 9.18. The highest BCUT2D eigenvalue weighted by molar-refractivity contribution is 5.25. The predicted molar refractivity (Wildman–Crippen MR) is 137 cm³/mol. The van der Waals surface area contributed by atoms with E-state index in [0.29, 0.717) is 17.9 Å². The Kier molecular flexibility index (Phi) is 9.65. The van der Waals surface area contributed by atoms with Gasteiger partial charge in [-0.2, -0.15) is 0 Å². The Morgan fingerprint density at radius 1 is 1.15 bits per heavy atom. The van der Waals surface area contributed by atoms with Gasteiger partial charge in [0.25, 0.3) is 0 Å². The molecule has 3 fully saturated rings. The summed E-state index contributed by atoms with van der Waals surface area (Å²) in [6, 6.07) is 0.108. The Bertz CT molecular complexity index is 679. The molecule has 0 radical (unpaired) electrons. The van der Waals surface area contributed by atoms with Crippen molar-refractivity contribution >= 4 is 0 Å². The van der Waals surface area contributed by atoms with Crippen LogP contribution in [0.5, 0.6) is 0 Å². The number of fused-ring (bicyclic) bond motifs is 1. The molecule has 190 valence electrons. The number of aliphatic hydroxyl groups excluding tert-OH is 2. The normalized spacial score (nSPS) is 36.7. The van der Waals surface area contributed by atoms with Gasteiger partial charge in [0.05, 0.1) is 18.3 Å². The molecule has 3 rings (SSSR count). The summed E-state index contributed by atoms with van der Waals surface area (Å²) in [5.74, 6) is 2.20. The van der Waals surface area contributed by atoms with Gasteiger partial charge in [-0.05, 0) is 94.8 Å². The van der Waals surface area contributed by atoms with E-state index in [2.05, 4.69) is 31.3 Å². The second kappa shape index (κ2) is 11.8. The van der Waals surface area contributed by atoms with Crippen molar-refractivity contribution in [1.82, 2.24) is 5.32 Å². The van der Waals surface area contributed by atoms with Crippen molar-refractivity contribution < 1.29 is 15.3 Å². The molecule has 6 unspecified atom stereocenters.